The minimum absolute atomic E-state index is 0.593. The molecule has 0 heterocycles. The van der Waals surface area contributed by atoms with Crippen LogP contribution in [0.4, 0.5) is 5.69 Å². The lowest BCUT2D eigenvalue weighted by Gasteiger charge is -2.21. The molecule has 18 heavy (non-hydrogen) atoms. The van der Waals surface area contributed by atoms with Crippen LogP contribution in [0, 0.1) is 0 Å². The largest absolute Gasteiger partial charge is 0.394 e. The molecule has 0 spiro atoms. The van der Waals surface area contributed by atoms with Crippen molar-refractivity contribution in [2.24, 2.45) is 0 Å². The fourth-order valence-electron chi connectivity index (χ4n) is 1.20. The number of carbonyl (C=O) groups is 1. The highest BCUT2D eigenvalue weighted by Crippen LogP contribution is 2.04. The summed E-state index contributed by atoms with van der Waals surface area (Å²) in [5.74, 6) is -0.918. The quantitative estimate of drug-likeness (QED) is 0.334. The molecule has 7 nitrogen and oxygen atoms in total. The monoisotopic (exact) mass is 256 g/mol. The Bertz CT molecular complexity index is 373. The number of carbonyl (C=O) groups excluding carboxylic acids is 1. The number of aliphatic hydroxyl groups excluding tert-OH is 4. The molecule has 6 N–H and O–H groups in total. The number of aliphatic hydroxyl groups is 4. The van der Waals surface area contributed by atoms with Gasteiger partial charge >= 0.3 is 0 Å². The van der Waals surface area contributed by atoms with Gasteiger partial charge in [-0.05, 0) is 12.1 Å². The van der Waals surface area contributed by atoms with E-state index in [0.29, 0.717) is 5.69 Å². The van der Waals surface area contributed by atoms with Crippen molar-refractivity contribution in [2.75, 3.05) is 12.0 Å². The fraction of sp³-hybridized carbons (Fsp3) is 0.364. The molecule has 0 aliphatic heterocycles. The molecular formula is C11H16N2O5. The maximum Gasteiger partial charge on any atom is 0.269 e. The van der Waals surface area contributed by atoms with Crippen molar-refractivity contribution in [3.8, 4) is 0 Å². The molecule has 0 aliphatic rings. The van der Waals surface area contributed by atoms with E-state index in [1.165, 1.54) is 0 Å². The number of benzene rings is 1. The van der Waals surface area contributed by atoms with Crippen LogP contribution in [0.15, 0.2) is 30.3 Å². The molecule has 3 atom stereocenters. The van der Waals surface area contributed by atoms with Crippen LogP contribution >= 0.6 is 0 Å². The first-order chi connectivity index (χ1) is 8.56. The molecule has 100 valence electrons. The highest BCUT2D eigenvalue weighted by atomic mass is 16.4. The highest BCUT2D eigenvalue weighted by molar-refractivity contribution is 5.82. The molecule has 0 aromatic heterocycles. The average Bonchev–Trinajstić information content (AvgIpc) is 2.43. The standard InChI is InChI=1S/C11H16N2O5/c14-6-8(15)9(16)10(17)11(18)13-12-7-4-2-1-3-5-7/h1-5,8-10,12,14-17H,6H2,(H,13,18)/t8-,9-,10+/m0/s1. The van der Waals surface area contributed by atoms with Gasteiger partial charge in [-0.2, -0.15) is 0 Å². The Hall–Kier alpha value is -1.67. The fourth-order valence-corrected chi connectivity index (χ4v) is 1.20. The van der Waals surface area contributed by atoms with Gasteiger partial charge < -0.3 is 20.4 Å². The van der Waals surface area contributed by atoms with Gasteiger partial charge in [-0.3, -0.25) is 15.6 Å². The average molecular weight is 256 g/mol. The Kier molecular flexibility index (Phi) is 5.53. The lowest BCUT2D eigenvalue weighted by Crippen LogP contribution is -2.49. The van der Waals surface area contributed by atoms with Crippen molar-refractivity contribution in [1.29, 1.82) is 0 Å². The van der Waals surface area contributed by atoms with Crippen molar-refractivity contribution < 1.29 is 25.2 Å². The van der Waals surface area contributed by atoms with Crippen LogP contribution < -0.4 is 10.9 Å². The third-order valence-corrected chi connectivity index (χ3v) is 2.28. The molecule has 1 aromatic rings. The Balaban J connectivity index is 2.45. The van der Waals surface area contributed by atoms with Crippen molar-refractivity contribution in [3.05, 3.63) is 30.3 Å². The summed E-state index contributed by atoms with van der Waals surface area (Å²) in [6, 6.07) is 8.66. The van der Waals surface area contributed by atoms with Gasteiger partial charge in [0, 0.05) is 0 Å². The minimum atomic E-state index is -1.84. The summed E-state index contributed by atoms with van der Waals surface area (Å²) < 4.78 is 0. The van der Waals surface area contributed by atoms with E-state index in [1.807, 2.05) is 0 Å². The van der Waals surface area contributed by atoms with Crippen LogP contribution in [0.3, 0.4) is 0 Å². The second kappa shape index (κ2) is 6.92. The first-order valence-electron chi connectivity index (χ1n) is 5.32. The van der Waals surface area contributed by atoms with E-state index in [-0.39, 0.29) is 0 Å². The predicted molar refractivity (Wildman–Crippen MR) is 63.3 cm³/mol. The summed E-state index contributed by atoms with van der Waals surface area (Å²) in [5.41, 5.74) is 5.28. The molecule has 0 saturated carbocycles. The summed E-state index contributed by atoms with van der Waals surface area (Å²) in [4.78, 5) is 11.4. The Labute approximate surface area is 104 Å². The van der Waals surface area contributed by atoms with Crippen molar-refractivity contribution in [1.82, 2.24) is 5.43 Å². The Morgan fingerprint density at radius 2 is 1.78 bits per heavy atom. The van der Waals surface area contributed by atoms with Crippen LogP contribution in [-0.2, 0) is 4.79 Å². The number of para-hydroxylation sites is 1. The lowest BCUT2D eigenvalue weighted by atomic mass is 10.1. The molecule has 0 bridgehead atoms. The smallest absolute Gasteiger partial charge is 0.269 e. The van der Waals surface area contributed by atoms with Crippen LogP contribution in [-0.4, -0.2) is 51.3 Å². The van der Waals surface area contributed by atoms with E-state index in [1.54, 1.807) is 30.3 Å². The Morgan fingerprint density at radius 3 is 2.33 bits per heavy atom. The summed E-state index contributed by atoms with van der Waals surface area (Å²) >= 11 is 0. The molecule has 0 radical (unpaired) electrons. The van der Waals surface area contributed by atoms with Crippen LogP contribution in [0.5, 0.6) is 0 Å². The van der Waals surface area contributed by atoms with Crippen molar-refractivity contribution in [3.63, 3.8) is 0 Å². The summed E-state index contributed by atoms with van der Waals surface area (Å²) in [7, 11) is 0. The summed E-state index contributed by atoms with van der Waals surface area (Å²) in [6.45, 7) is -0.752. The molecular weight excluding hydrogens is 240 g/mol. The number of hydrazine groups is 1. The van der Waals surface area contributed by atoms with Gasteiger partial charge in [0.15, 0.2) is 6.10 Å². The van der Waals surface area contributed by atoms with Crippen LogP contribution in [0.1, 0.15) is 0 Å². The zero-order chi connectivity index (χ0) is 13.5. The van der Waals surface area contributed by atoms with Gasteiger partial charge in [0.2, 0.25) is 0 Å². The molecule has 0 saturated heterocycles. The lowest BCUT2D eigenvalue weighted by molar-refractivity contribution is -0.141. The Morgan fingerprint density at radius 1 is 1.17 bits per heavy atom. The van der Waals surface area contributed by atoms with Gasteiger partial charge in [-0.25, -0.2) is 0 Å². The number of amides is 1. The van der Waals surface area contributed by atoms with Crippen molar-refractivity contribution in [2.45, 2.75) is 18.3 Å². The first-order valence-corrected chi connectivity index (χ1v) is 5.32. The summed E-state index contributed by atoms with van der Waals surface area (Å²) in [6.07, 6.45) is -5.18. The van der Waals surface area contributed by atoms with E-state index in [0.717, 1.165) is 0 Å². The SMILES string of the molecule is O=C(NNc1ccccc1)[C@H](O)[C@@H](O)[C@@H](O)CO. The van der Waals surface area contributed by atoms with Crippen LogP contribution in [0.2, 0.25) is 0 Å². The molecule has 0 aliphatic carbocycles. The van der Waals surface area contributed by atoms with Gasteiger partial charge in [0.1, 0.15) is 12.2 Å². The minimum Gasteiger partial charge on any atom is -0.394 e. The molecule has 1 aromatic carbocycles. The third kappa shape index (κ3) is 3.97. The number of anilines is 1. The molecule has 7 heteroatoms. The normalized spacial score (nSPS) is 15.6. The van der Waals surface area contributed by atoms with E-state index < -0.39 is 30.8 Å². The number of nitrogens with one attached hydrogen (secondary N) is 2. The van der Waals surface area contributed by atoms with Crippen molar-refractivity contribution >= 4 is 11.6 Å². The first kappa shape index (κ1) is 14.4. The maximum absolute atomic E-state index is 11.4. The second-order valence-corrected chi connectivity index (χ2v) is 3.67. The number of hydrogen-bond donors (Lipinski definition) is 6. The predicted octanol–water partition coefficient (Wildman–Crippen LogP) is -1.80. The van der Waals surface area contributed by atoms with E-state index in [4.69, 9.17) is 10.2 Å². The third-order valence-electron chi connectivity index (χ3n) is 2.28. The zero-order valence-electron chi connectivity index (χ0n) is 9.52. The van der Waals surface area contributed by atoms with Gasteiger partial charge in [0.05, 0.1) is 12.3 Å². The molecule has 1 amide bonds. The highest BCUT2D eigenvalue weighted by Gasteiger charge is 2.29. The van der Waals surface area contributed by atoms with E-state index >= 15 is 0 Å². The number of hydrogen-bond acceptors (Lipinski definition) is 6. The van der Waals surface area contributed by atoms with E-state index in [9.17, 15) is 15.0 Å². The van der Waals surface area contributed by atoms with Gasteiger partial charge in [-0.15, -0.1) is 0 Å². The summed E-state index contributed by atoms with van der Waals surface area (Å²) in [5, 5.41) is 36.3. The second-order valence-electron chi connectivity index (χ2n) is 3.67. The topological polar surface area (TPSA) is 122 Å². The zero-order valence-corrected chi connectivity index (χ0v) is 9.52. The molecule has 0 unspecified atom stereocenters. The maximum atomic E-state index is 11.4. The van der Waals surface area contributed by atoms with Crippen LogP contribution in [0.25, 0.3) is 0 Å². The van der Waals surface area contributed by atoms with Gasteiger partial charge in [0.25, 0.3) is 5.91 Å². The van der Waals surface area contributed by atoms with Gasteiger partial charge in [-0.1, -0.05) is 18.2 Å². The van der Waals surface area contributed by atoms with E-state index in [2.05, 4.69) is 10.9 Å². The number of rotatable bonds is 6. The molecule has 1 rings (SSSR count). The molecule has 0 fully saturated rings.